The number of rotatable bonds is 4. The van der Waals surface area contributed by atoms with Crippen LogP contribution in [0.4, 0.5) is 5.69 Å². The zero-order valence-electron chi connectivity index (χ0n) is 9.29. The van der Waals surface area contributed by atoms with E-state index in [9.17, 15) is 10.1 Å². The average Bonchev–Trinajstić information content (AvgIpc) is 2.72. The highest BCUT2D eigenvalue weighted by molar-refractivity contribution is 6.30. The molecule has 1 heterocycles. The minimum Gasteiger partial charge on any atom is -0.477 e. The van der Waals surface area contributed by atoms with E-state index in [1.54, 1.807) is 6.92 Å². The number of aromatic nitrogens is 2. The van der Waals surface area contributed by atoms with Gasteiger partial charge in [0, 0.05) is 24.1 Å². The average molecular weight is 270 g/mol. The zero-order chi connectivity index (χ0) is 13.1. The van der Waals surface area contributed by atoms with Gasteiger partial charge < -0.3 is 9.15 Å². The first-order valence-electron chi connectivity index (χ1n) is 4.92. The van der Waals surface area contributed by atoms with Gasteiger partial charge in [-0.3, -0.25) is 10.1 Å². The number of nitro groups is 1. The molecule has 7 nitrogen and oxygen atoms in total. The van der Waals surface area contributed by atoms with E-state index in [0.29, 0.717) is 10.9 Å². The van der Waals surface area contributed by atoms with Crippen LogP contribution in [0.3, 0.4) is 0 Å². The number of nitro benzene ring substituents is 1. The van der Waals surface area contributed by atoms with E-state index in [2.05, 4.69) is 10.2 Å². The maximum absolute atomic E-state index is 10.8. The summed E-state index contributed by atoms with van der Waals surface area (Å²) in [6.45, 7) is 1.58. The van der Waals surface area contributed by atoms with Crippen molar-refractivity contribution in [2.75, 3.05) is 0 Å². The third-order valence-electron chi connectivity index (χ3n) is 2.04. The molecule has 0 radical (unpaired) electrons. The quantitative estimate of drug-likeness (QED) is 0.625. The normalized spacial score (nSPS) is 10.3. The van der Waals surface area contributed by atoms with Crippen molar-refractivity contribution in [3.63, 3.8) is 0 Å². The van der Waals surface area contributed by atoms with Gasteiger partial charge in [-0.1, -0.05) is 11.6 Å². The molecule has 94 valence electrons. The summed E-state index contributed by atoms with van der Waals surface area (Å²) in [5.41, 5.74) is -0.171. The Morgan fingerprint density at radius 2 is 2.28 bits per heavy atom. The molecule has 0 bridgehead atoms. The van der Waals surface area contributed by atoms with Gasteiger partial charge in [0.05, 0.1) is 4.92 Å². The molecule has 0 saturated carbocycles. The number of benzene rings is 1. The summed E-state index contributed by atoms with van der Waals surface area (Å²) in [7, 11) is 0. The summed E-state index contributed by atoms with van der Waals surface area (Å²) in [4.78, 5) is 10.2. The minimum atomic E-state index is -0.551. The number of ether oxygens (including phenoxy) is 1. The van der Waals surface area contributed by atoms with Gasteiger partial charge in [-0.05, 0) is 6.07 Å². The fraction of sp³-hybridized carbons (Fsp3) is 0.200. The lowest BCUT2D eigenvalue weighted by molar-refractivity contribution is -0.386. The van der Waals surface area contributed by atoms with Crippen LogP contribution in [0.1, 0.15) is 11.8 Å². The molecule has 0 aliphatic rings. The van der Waals surface area contributed by atoms with E-state index >= 15 is 0 Å². The molecule has 1 aromatic carbocycles. The fourth-order valence-corrected chi connectivity index (χ4v) is 1.45. The van der Waals surface area contributed by atoms with Crippen LogP contribution in [0.2, 0.25) is 5.02 Å². The predicted molar refractivity (Wildman–Crippen MR) is 61.5 cm³/mol. The highest BCUT2D eigenvalue weighted by Gasteiger charge is 2.16. The third kappa shape index (κ3) is 2.75. The Bertz CT molecular complexity index is 584. The molecule has 0 N–H and O–H groups in total. The van der Waals surface area contributed by atoms with Crippen LogP contribution in [0.5, 0.6) is 5.75 Å². The van der Waals surface area contributed by atoms with Crippen LogP contribution in [0.15, 0.2) is 22.6 Å². The fourth-order valence-electron chi connectivity index (χ4n) is 1.29. The maximum atomic E-state index is 10.8. The topological polar surface area (TPSA) is 91.3 Å². The molecule has 0 aliphatic heterocycles. The zero-order valence-corrected chi connectivity index (χ0v) is 10.0. The highest BCUT2D eigenvalue weighted by Crippen LogP contribution is 2.30. The Morgan fingerprint density at radius 3 is 2.89 bits per heavy atom. The van der Waals surface area contributed by atoms with Gasteiger partial charge >= 0.3 is 5.69 Å². The Balaban J connectivity index is 2.17. The number of hydrogen-bond donors (Lipinski definition) is 0. The van der Waals surface area contributed by atoms with Crippen molar-refractivity contribution in [1.29, 1.82) is 0 Å². The highest BCUT2D eigenvalue weighted by atomic mass is 35.5. The standard InChI is InChI=1S/C10H8ClN3O4/c1-6-12-13-10(18-6)5-17-9-4-7(11)2-3-8(9)14(15)16/h2-4H,5H2,1H3. The number of hydrogen-bond acceptors (Lipinski definition) is 6. The Kier molecular flexibility index (Phi) is 3.42. The second-order valence-electron chi connectivity index (χ2n) is 3.37. The summed E-state index contributed by atoms with van der Waals surface area (Å²) in [6.07, 6.45) is 0. The first-order valence-corrected chi connectivity index (χ1v) is 5.30. The Hall–Kier alpha value is -2.15. The number of halogens is 1. The van der Waals surface area contributed by atoms with Gasteiger partial charge in [-0.2, -0.15) is 0 Å². The van der Waals surface area contributed by atoms with E-state index in [0.717, 1.165) is 0 Å². The molecule has 1 aromatic heterocycles. The molecule has 0 atom stereocenters. The monoisotopic (exact) mass is 269 g/mol. The molecule has 0 fully saturated rings. The van der Waals surface area contributed by atoms with Crippen LogP contribution < -0.4 is 4.74 Å². The molecular weight excluding hydrogens is 262 g/mol. The molecule has 2 aromatic rings. The van der Waals surface area contributed by atoms with Crippen molar-refractivity contribution >= 4 is 17.3 Å². The van der Waals surface area contributed by atoms with E-state index in [4.69, 9.17) is 20.8 Å². The van der Waals surface area contributed by atoms with Crippen LogP contribution in [-0.4, -0.2) is 15.1 Å². The summed E-state index contributed by atoms with van der Waals surface area (Å²) < 4.78 is 10.3. The molecule has 0 aliphatic carbocycles. The third-order valence-corrected chi connectivity index (χ3v) is 2.27. The van der Waals surface area contributed by atoms with E-state index in [1.807, 2.05) is 0 Å². The maximum Gasteiger partial charge on any atom is 0.311 e. The molecule has 18 heavy (non-hydrogen) atoms. The molecule has 8 heteroatoms. The SMILES string of the molecule is Cc1nnc(COc2cc(Cl)ccc2[N+](=O)[O-])o1. The summed E-state index contributed by atoms with van der Waals surface area (Å²) >= 11 is 5.75. The molecule has 0 unspecified atom stereocenters. The van der Waals surface area contributed by atoms with Gasteiger partial charge in [0.15, 0.2) is 12.4 Å². The first kappa shape index (κ1) is 12.3. The molecule has 0 saturated heterocycles. The Morgan fingerprint density at radius 1 is 1.50 bits per heavy atom. The van der Waals surface area contributed by atoms with E-state index in [1.165, 1.54) is 18.2 Å². The van der Waals surface area contributed by atoms with Crippen molar-refractivity contribution in [2.45, 2.75) is 13.5 Å². The van der Waals surface area contributed by atoms with Crippen molar-refractivity contribution < 1.29 is 14.1 Å². The lowest BCUT2D eigenvalue weighted by Gasteiger charge is -2.04. The van der Waals surface area contributed by atoms with E-state index < -0.39 is 4.92 Å². The van der Waals surface area contributed by atoms with Crippen molar-refractivity contribution in [3.05, 3.63) is 45.1 Å². The van der Waals surface area contributed by atoms with Crippen LogP contribution >= 0.6 is 11.6 Å². The summed E-state index contributed by atoms with van der Waals surface area (Å²) in [6, 6.07) is 4.06. The van der Waals surface area contributed by atoms with Crippen molar-refractivity contribution in [2.24, 2.45) is 0 Å². The van der Waals surface area contributed by atoms with Gasteiger partial charge in [0.25, 0.3) is 5.89 Å². The van der Waals surface area contributed by atoms with Crippen molar-refractivity contribution in [3.8, 4) is 5.75 Å². The number of nitrogens with zero attached hydrogens (tertiary/aromatic N) is 3. The molecule has 0 spiro atoms. The smallest absolute Gasteiger partial charge is 0.311 e. The largest absolute Gasteiger partial charge is 0.477 e. The lowest BCUT2D eigenvalue weighted by Crippen LogP contribution is -1.99. The van der Waals surface area contributed by atoms with Gasteiger partial charge in [-0.25, -0.2) is 0 Å². The first-order chi connectivity index (χ1) is 8.56. The second kappa shape index (κ2) is 5.01. The number of aryl methyl sites for hydroxylation is 1. The van der Waals surface area contributed by atoms with Crippen molar-refractivity contribution in [1.82, 2.24) is 10.2 Å². The van der Waals surface area contributed by atoms with Gasteiger partial charge in [0.2, 0.25) is 5.89 Å². The van der Waals surface area contributed by atoms with Gasteiger partial charge in [0.1, 0.15) is 0 Å². The minimum absolute atomic E-state index is 0.0535. The summed E-state index contributed by atoms with van der Waals surface area (Å²) in [5, 5.41) is 18.5. The van der Waals surface area contributed by atoms with Gasteiger partial charge in [-0.15, -0.1) is 10.2 Å². The molecule has 0 amide bonds. The predicted octanol–water partition coefficient (Wildman–Crippen LogP) is 2.52. The van der Waals surface area contributed by atoms with E-state index in [-0.39, 0.29) is 23.9 Å². The second-order valence-corrected chi connectivity index (χ2v) is 3.81. The molecule has 2 rings (SSSR count). The van der Waals surface area contributed by atoms with Crippen LogP contribution in [0, 0.1) is 17.0 Å². The molecular formula is C10H8ClN3O4. The lowest BCUT2D eigenvalue weighted by atomic mass is 10.3. The summed E-state index contributed by atoms with van der Waals surface area (Å²) in [5.74, 6) is 0.694. The Labute approximate surface area is 106 Å². The van der Waals surface area contributed by atoms with Crippen LogP contribution in [0.25, 0.3) is 0 Å². The van der Waals surface area contributed by atoms with Crippen LogP contribution in [-0.2, 0) is 6.61 Å².